The number of rotatable bonds is 4. The van der Waals surface area contributed by atoms with Gasteiger partial charge in [0.25, 0.3) is 0 Å². The van der Waals surface area contributed by atoms with E-state index in [1.165, 1.54) is 21.7 Å². The number of aromatic nitrogens is 3. The predicted octanol–water partition coefficient (Wildman–Crippen LogP) is 2.33. The fraction of sp³-hybridized carbons (Fsp3) is 0.333. The van der Waals surface area contributed by atoms with Crippen LogP contribution in [0.4, 0.5) is 20.3 Å². The van der Waals surface area contributed by atoms with Gasteiger partial charge in [0.15, 0.2) is 5.65 Å². The lowest BCUT2D eigenvalue weighted by Crippen LogP contribution is -2.41. The summed E-state index contributed by atoms with van der Waals surface area (Å²) in [5.41, 5.74) is 6.32. The van der Waals surface area contributed by atoms with E-state index in [1.54, 1.807) is 12.3 Å². The van der Waals surface area contributed by atoms with Gasteiger partial charge < -0.3 is 10.6 Å². The lowest BCUT2D eigenvalue weighted by Gasteiger charge is -2.27. The van der Waals surface area contributed by atoms with Crippen LogP contribution in [0.2, 0.25) is 0 Å². The Bertz CT molecular complexity index is 1190. The fourth-order valence-electron chi connectivity index (χ4n) is 4.23. The highest BCUT2D eigenvalue weighted by Gasteiger charge is 2.38. The van der Waals surface area contributed by atoms with Crippen LogP contribution >= 0.6 is 0 Å². The van der Waals surface area contributed by atoms with E-state index < -0.39 is 23.4 Å². The van der Waals surface area contributed by atoms with Gasteiger partial charge in [0.2, 0.25) is 0 Å². The number of carbonyl (C=O) groups excluding carboxylic acids is 2. The van der Waals surface area contributed by atoms with Crippen LogP contribution in [0.25, 0.3) is 5.65 Å². The molecule has 3 heterocycles. The molecule has 10 heteroatoms. The Morgan fingerprint density at radius 3 is 2.71 bits per heavy atom. The second kappa shape index (κ2) is 7.29. The number of amides is 2. The molecule has 1 aliphatic carbocycles. The molecule has 1 saturated heterocycles. The molecule has 2 aliphatic rings. The van der Waals surface area contributed by atoms with E-state index >= 15 is 0 Å². The number of fused-ring (bicyclic) bond motifs is 1. The van der Waals surface area contributed by atoms with Crippen molar-refractivity contribution in [2.75, 3.05) is 16.3 Å². The topological polar surface area (TPSA) is 96.8 Å². The molecule has 0 radical (unpaired) electrons. The van der Waals surface area contributed by atoms with E-state index in [-0.39, 0.29) is 17.6 Å². The minimum absolute atomic E-state index is 0.112. The summed E-state index contributed by atoms with van der Waals surface area (Å²) in [4.78, 5) is 31.9. The Morgan fingerprint density at radius 1 is 1.16 bits per heavy atom. The van der Waals surface area contributed by atoms with Gasteiger partial charge >= 0.3 is 11.8 Å². The van der Waals surface area contributed by atoms with Gasteiger partial charge in [-0.1, -0.05) is 0 Å². The van der Waals surface area contributed by atoms with E-state index in [1.807, 2.05) is 4.90 Å². The van der Waals surface area contributed by atoms with Gasteiger partial charge in [0.1, 0.15) is 23.1 Å². The van der Waals surface area contributed by atoms with Crippen molar-refractivity contribution in [1.29, 1.82) is 0 Å². The first-order valence-electron chi connectivity index (χ1n) is 10.1. The van der Waals surface area contributed by atoms with Crippen LogP contribution in [0.3, 0.4) is 0 Å². The molecule has 0 spiro atoms. The Kier molecular flexibility index (Phi) is 4.57. The minimum Gasteiger partial charge on any atom is -0.361 e. The molecule has 1 aromatic carbocycles. The van der Waals surface area contributed by atoms with Crippen LogP contribution in [0.1, 0.15) is 37.3 Å². The first kappa shape index (κ1) is 19.4. The van der Waals surface area contributed by atoms with Crippen LogP contribution in [-0.2, 0) is 9.59 Å². The molecule has 3 aromatic rings. The van der Waals surface area contributed by atoms with Crippen LogP contribution in [0, 0.1) is 11.6 Å². The largest absolute Gasteiger partial charge is 0.361 e. The maximum absolute atomic E-state index is 14.4. The van der Waals surface area contributed by atoms with E-state index in [0.717, 1.165) is 31.4 Å². The monoisotopic (exact) mass is 426 g/mol. The zero-order valence-corrected chi connectivity index (χ0v) is 16.5. The number of primary amides is 1. The molecule has 5 rings (SSSR count). The lowest BCUT2D eigenvalue weighted by atomic mass is 10.0. The van der Waals surface area contributed by atoms with Crippen LogP contribution in [0.5, 0.6) is 0 Å². The fourth-order valence-corrected chi connectivity index (χ4v) is 4.23. The Balaban J connectivity index is 1.55. The number of anilines is 2. The number of nitrogens with two attached hydrogens (primary N) is 1. The SMILES string of the molecule is NC(=O)C(=O)N(c1cnn2ccc(N3CCC[C@@H]3c3cc(F)ccc3F)nc12)C1CC1. The third-order valence-corrected chi connectivity index (χ3v) is 5.80. The van der Waals surface area contributed by atoms with Crippen molar-refractivity contribution in [3.05, 3.63) is 53.9 Å². The summed E-state index contributed by atoms with van der Waals surface area (Å²) in [7, 11) is 0. The molecule has 1 aliphatic heterocycles. The summed E-state index contributed by atoms with van der Waals surface area (Å²) in [6, 6.07) is 4.74. The van der Waals surface area contributed by atoms with Gasteiger partial charge in [-0.05, 0) is 49.9 Å². The summed E-state index contributed by atoms with van der Waals surface area (Å²) >= 11 is 0. The third-order valence-electron chi connectivity index (χ3n) is 5.80. The van der Waals surface area contributed by atoms with Crippen molar-refractivity contribution in [1.82, 2.24) is 14.6 Å². The highest BCUT2D eigenvalue weighted by Crippen LogP contribution is 2.38. The maximum Gasteiger partial charge on any atom is 0.316 e. The van der Waals surface area contributed by atoms with Crippen molar-refractivity contribution in [2.45, 2.75) is 37.8 Å². The summed E-state index contributed by atoms with van der Waals surface area (Å²) in [6.07, 6.45) is 6.17. The first-order valence-corrected chi connectivity index (χ1v) is 10.1. The predicted molar refractivity (Wildman–Crippen MR) is 108 cm³/mol. The number of nitrogens with zero attached hydrogens (tertiary/aromatic N) is 5. The van der Waals surface area contributed by atoms with E-state index in [0.29, 0.717) is 30.1 Å². The Morgan fingerprint density at radius 2 is 1.97 bits per heavy atom. The smallest absolute Gasteiger partial charge is 0.316 e. The molecule has 2 fully saturated rings. The second-order valence-electron chi connectivity index (χ2n) is 7.87. The Labute approximate surface area is 176 Å². The number of carbonyl (C=O) groups is 2. The molecule has 1 atom stereocenters. The van der Waals surface area contributed by atoms with Gasteiger partial charge in [0, 0.05) is 24.3 Å². The van der Waals surface area contributed by atoms with Crippen molar-refractivity contribution in [3.63, 3.8) is 0 Å². The molecule has 8 nitrogen and oxygen atoms in total. The van der Waals surface area contributed by atoms with E-state index in [9.17, 15) is 18.4 Å². The minimum atomic E-state index is -1.04. The van der Waals surface area contributed by atoms with Crippen LogP contribution in [-0.4, -0.2) is 39.0 Å². The quantitative estimate of drug-likeness (QED) is 0.646. The molecule has 2 N–H and O–H groups in total. The van der Waals surface area contributed by atoms with Crippen molar-refractivity contribution < 1.29 is 18.4 Å². The first-order chi connectivity index (χ1) is 14.9. The summed E-state index contributed by atoms with van der Waals surface area (Å²) in [5.74, 6) is -2.23. The summed E-state index contributed by atoms with van der Waals surface area (Å²) in [5, 5.41) is 4.24. The average Bonchev–Trinajstić information content (AvgIpc) is 3.31. The van der Waals surface area contributed by atoms with Crippen LogP contribution < -0.4 is 15.5 Å². The van der Waals surface area contributed by atoms with Gasteiger partial charge in [-0.3, -0.25) is 14.5 Å². The Hall–Kier alpha value is -3.56. The molecule has 31 heavy (non-hydrogen) atoms. The zero-order valence-electron chi connectivity index (χ0n) is 16.5. The van der Waals surface area contributed by atoms with Gasteiger partial charge in [-0.2, -0.15) is 5.10 Å². The molecule has 2 amide bonds. The molecule has 1 saturated carbocycles. The van der Waals surface area contributed by atoms with Gasteiger partial charge in [-0.25, -0.2) is 18.3 Å². The van der Waals surface area contributed by atoms with Crippen molar-refractivity contribution >= 4 is 29.0 Å². The van der Waals surface area contributed by atoms with Crippen molar-refractivity contribution in [2.24, 2.45) is 5.73 Å². The standard InChI is InChI=1S/C21H20F2N6O2/c22-12-3-6-15(23)14(10-12)16-2-1-8-27(16)18-7-9-28-20(26-18)17(11-25-28)29(13-4-5-13)21(31)19(24)30/h3,6-7,9-11,13,16H,1-2,4-5,8H2,(H2,24,30)/t16-/m1/s1. The average molecular weight is 426 g/mol. The number of benzene rings is 1. The van der Waals surface area contributed by atoms with Gasteiger partial charge in [0.05, 0.1) is 12.2 Å². The highest BCUT2D eigenvalue weighted by atomic mass is 19.1. The van der Waals surface area contributed by atoms with Crippen molar-refractivity contribution in [3.8, 4) is 0 Å². The summed E-state index contributed by atoms with van der Waals surface area (Å²) in [6.45, 7) is 0.625. The zero-order chi connectivity index (χ0) is 21.7. The second-order valence-corrected chi connectivity index (χ2v) is 7.87. The number of halogens is 2. The van der Waals surface area contributed by atoms with E-state index in [2.05, 4.69) is 10.1 Å². The third kappa shape index (κ3) is 3.37. The van der Waals surface area contributed by atoms with Gasteiger partial charge in [-0.15, -0.1) is 0 Å². The molecule has 0 bridgehead atoms. The normalized spacial score (nSPS) is 18.5. The molecule has 0 unspecified atom stereocenters. The molecule has 2 aromatic heterocycles. The maximum atomic E-state index is 14.4. The van der Waals surface area contributed by atoms with E-state index in [4.69, 9.17) is 5.73 Å². The highest BCUT2D eigenvalue weighted by molar-refractivity contribution is 6.40. The molecule has 160 valence electrons. The van der Waals surface area contributed by atoms with Crippen LogP contribution in [0.15, 0.2) is 36.7 Å². The number of hydrogen-bond acceptors (Lipinski definition) is 5. The molecular formula is C21H20F2N6O2. The number of hydrogen-bond donors (Lipinski definition) is 1. The lowest BCUT2D eigenvalue weighted by molar-refractivity contribution is -0.135. The molecular weight excluding hydrogens is 406 g/mol. The summed E-state index contributed by atoms with van der Waals surface area (Å²) < 4.78 is 29.7.